The summed E-state index contributed by atoms with van der Waals surface area (Å²) < 4.78 is 90.7. The number of fused-ring (bicyclic) bond motifs is 1. The van der Waals surface area contributed by atoms with E-state index < -0.39 is 40.9 Å². The first-order chi connectivity index (χ1) is 17.5. The third-order valence-electron chi connectivity index (χ3n) is 6.79. The zero-order valence-electron chi connectivity index (χ0n) is 19.6. The Kier molecular flexibility index (Phi) is 6.79. The van der Waals surface area contributed by atoms with Crippen molar-refractivity contribution in [3.05, 3.63) is 58.9 Å². The molecular formula is C24H25F4N3O5S. The van der Waals surface area contributed by atoms with Crippen LogP contribution in [-0.4, -0.2) is 45.4 Å². The number of rotatable bonds is 7. The first-order valence-electron chi connectivity index (χ1n) is 11.8. The molecule has 1 atom stereocenters. The maximum absolute atomic E-state index is 16.0. The molecule has 2 fully saturated rings. The number of alkyl halides is 3. The van der Waals surface area contributed by atoms with Gasteiger partial charge in [0, 0.05) is 12.1 Å². The Balaban J connectivity index is 1.37. The molecule has 200 valence electrons. The second-order valence-corrected chi connectivity index (χ2v) is 11.0. The molecule has 1 amide bonds. The normalized spacial score (nSPS) is 24.8. The van der Waals surface area contributed by atoms with E-state index in [4.69, 9.17) is 4.74 Å². The van der Waals surface area contributed by atoms with E-state index in [-0.39, 0.29) is 49.4 Å². The first kappa shape index (κ1) is 25.7. The fourth-order valence-electron chi connectivity index (χ4n) is 5.01. The molecule has 1 aliphatic heterocycles. The van der Waals surface area contributed by atoms with Crippen molar-refractivity contribution in [2.45, 2.75) is 63.3 Å². The van der Waals surface area contributed by atoms with Gasteiger partial charge in [-0.3, -0.25) is 9.53 Å². The smallest absolute Gasteiger partial charge is 0.487 e. The SMILES string of the molecule is O=C1CN(c2c(OCc3ccccc3)cc3c(c2F)CC(NC2CC(OC(F)(F)F)C2)CC3)S(=O)(=O)N1. The predicted octanol–water partition coefficient (Wildman–Crippen LogP) is 3.10. The highest BCUT2D eigenvalue weighted by Crippen LogP contribution is 2.41. The molecule has 37 heavy (non-hydrogen) atoms. The van der Waals surface area contributed by atoms with Crippen LogP contribution in [0.1, 0.15) is 36.0 Å². The van der Waals surface area contributed by atoms with Crippen LogP contribution in [0.25, 0.3) is 0 Å². The van der Waals surface area contributed by atoms with Crippen molar-refractivity contribution in [2.75, 3.05) is 10.8 Å². The molecule has 3 aliphatic rings. The molecule has 2 aliphatic carbocycles. The van der Waals surface area contributed by atoms with Gasteiger partial charge in [0.05, 0.1) is 6.10 Å². The number of carbonyl (C=O) groups is 1. The lowest BCUT2D eigenvalue weighted by molar-refractivity contribution is -0.352. The third-order valence-corrected chi connectivity index (χ3v) is 8.16. The molecule has 1 saturated carbocycles. The van der Waals surface area contributed by atoms with E-state index in [1.54, 1.807) is 6.07 Å². The van der Waals surface area contributed by atoms with E-state index in [0.29, 0.717) is 28.3 Å². The minimum absolute atomic E-state index is 0.0118. The molecule has 0 bridgehead atoms. The van der Waals surface area contributed by atoms with E-state index >= 15 is 4.39 Å². The van der Waals surface area contributed by atoms with E-state index in [0.717, 1.165) is 5.56 Å². The second-order valence-electron chi connectivity index (χ2n) is 9.45. The Morgan fingerprint density at radius 3 is 2.51 bits per heavy atom. The molecule has 0 radical (unpaired) electrons. The third kappa shape index (κ3) is 5.68. The standard InChI is InChI=1S/C24H25F4N3O5S/c25-22-19-11-16(29-17-9-18(10-17)36-24(26,27)28)7-6-15(19)8-20(35-13-14-4-2-1-3-5-14)23(22)31-12-21(32)30-37(31,33)34/h1-5,8,16-18,29H,6-7,9-13H2,(H,30,32). The van der Waals surface area contributed by atoms with E-state index in [1.807, 2.05) is 35.1 Å². The van der Waals surface area contributed by atoms with Crippen molar-refractivity contribution >= 4 is 21.8 Å². The Morgan fingerprint density at radius 2 is 1.86 bits per heavy atom. The van der Waals surface area contributed by atoms with Gasteiger partial charge in [0.15, 0.2) is 5.82 Å². The monoisotopic (exact) mass is 543 g/mol. The minimum Gasteiger partial charge on any atom is -0.487 e. The van der Waals surface area contributed by atoms with Gasteiger partial charge in [-0.1, -0.05) is 30.3 Å². The van der Waals surface area contributed by atoms with Crippen molar-refractivity contribution in [2.24, 2.45) is 0 Å². The quantitative estimate of drug-likeness (QED) is 0.521. The predicted molar refractivity (Wildman–Crippen MR) is 124 cm³/mol. The minimum atomic E-state index is -4.68. The number of benzene rings is 2. The molecule has 1 unspecified atom stereocenters. The van der Waals surface area contributed by atoms with Crippen LogP contribution in [0.15, 0.2) is 36.4 Å². The summed E-state index contributed by atoms with van der Waals surface area (Å²) >= 11 is 0. The Labute approximate surface area is 211 Å². The highest BCUT2D eigenvalue weighted by atomic mass is 32.2. The lowest BCUT2D eigenvalue weighted by Gasteiger charge is -2.39. The van der Waals surface area contributed by atoms with Gasteiger partial charge < -0.3 is 10.1 Å². The maximum atomic E-state index is 16.0. The van der Waals surface area contributed by atoms with Gasteiger partial charge in [0.1, 0.15) is 24.6 Å². The van der Waals surface area contributed by atoms with Gasteiger partial charge >= 0.3 is 16.6 Å². The Bertz CT molecular complexity index is 1280. The average Bonchev–Trinajstić information content (AvgIpc) is 3.07. The highest BCUT2D eigenvalue weighted by molar-refractivity contribution is 7.92. The summed E-state index contributed by atoms with van der Waals surface area (Å²) in [6, 6.07) is 10.3. The first-order valence-corrected chi connectivity index (χ1v) is 13.3. The topological polar surface area (TPSA) is 97.0 Å². The number of ether oxygens (including phenoxy) is 2. The van der Waals surface area contributed by atoms with Crippen molar-refractivity contribution in [3.8, 4) is 5.75 Å². The molecule has 0 spiro atoms. The number of carbonyl (C=O) groups excluding carboxylic acids is 1. The number of anilines is 1. The molecule has 2 aromatic rings. The lowest BCUT2D eigenvalue weighted by atomic mass is 9.83. The molecule has 0 aromatic heterocycles. The van der Waals surface area contributed by atoms with Gasteiger partial charge in [-0.2, -0.15) is 8.42 Å². The van der Waals surface area contributed by atoms with Crippen LogP contribution < -0.4 is 19.1 Å². The van der Waals surface area contributed by atoms with Crippen molar-refractivity contribution in [1.29, 1.82) is 0 Å². The summed E-state index contributed by atoms with van der Waals surface area (Å²) in [4.78, 5) is 11.9. The Hall–Kier alpha value is -2.90. The molecule has 2 aromatic carbocycles. The van der Waals surface area contributed by atoms with Gasteiger partial charge in [0.2, 0.25) is 0 Å². The maximum Gasteiger partial charge on any atom is 0.522 e. The molecule has 5 rings (SSSR count). The van der Waals surface area contributed by atoms with Crippen LogP contribution in [0.3, 0.4) is 0 Å². The summed E-state index contributed by atoms with van der Waals surface area (Å²) in [7, 11) is -4.30. The van der Waals surface area contributed by atoms with Crippen LogP contribution in [0.4, 0.5) is 23.2 Å². The number of halogens is 4. The van der Waals surface area contributed by atoms with E-state index in [2.05, 4.69) is 10.1 Å². The molecule has 13 heteroatoms. The molecule has 1 saturated heterocycles. The average molecular weight is 544 g/mol. The second kappa shape index (κ2) is 9.76. The molecular weight excluding hydrogens is 518 g/mol. The highest BCUT2D eigenvalue weighted by Gasteiger charge is 2.42. The van der Waals surface area contributed by atoms with Crippen molar-refractivity contribution < 1.29 is 40.2 Å². The van der Waals surface area contributed by atoms with Gasteiger partial charge in [0.25, 0.3) is 5.91 Å². The largest absolute Gasteiger partial charge is 0.522 e. The number of nitrogens with zero attached hydrogens (tertiary/aromatic N) is 1. The summed E-state index contributed by atoms with van der Waals surface area (Å²) in [6.45, 7) is -0.515. The van der Waals surface area contributed by atoms with Crippen molar-refractivity contribution in [1.82, 2.24) is 10.0 Å². The summed E-state index contributed by atoms with van der Waals surface area (Å²) in [5.74, 6) is -1.57. The number of hydrogen-bond acceptors (Lipinski definition) is 6. The number of hydrogen-bond donors (Lipinski definition) is 2. The van der Waals surface area contributed by atoms with E-state index in [1.165, 1.54) is 0 Å². The molecule has 2 N–H and O–H groups in total. The summed E-state index contributed by atoms with van der Waals surface area (Å²) in [5, 5.41) is 3.27. The Morgan fingerprint density at radius 1 is 1.14 bits per heavy atom. The molecule has 1 heterocycles. The van der Waals surface area contributed by atoms with Gasteiger partial charge in [-0.15, -0.1) is 13.2 Å². The fourth-order valence-corrected chi connectivity index (χ4v) is 6.17. The van der Waals surface area contributed by atoms with E-state index in [9.17, 15) is 26.4 Å². The number of aryl methyl sites for hydroxylation is 1. The number of amides is 1. The van der Waals surface area contributed by atoms with Crippen LogP contribution in [0, 0.1) is 5.82 Å². The fraction of sp³-hybridized carbons (Fsp3) is 0.458. The van der Waals surface area contributed by atoms with Crippen LogP contribution >= 0.6 is 0 Å². The van der Waals surface area contributed by atoms with Crippen LogP contribution in [0.5, 0.6) is 5.75 Å². The van der Waals surface area contributed by atoms with Crippen LogP contribution in [-0.2, 0) is 39.2 Å². The number of nitrogens with one attached hydrogen (secondary N) is 2. The summed E-state index contributed by atoms with van der Waals surface area (Å²) in [5.41, 5.74) is 1.41. The summed E-state index contributed by atoms with van der Waals surface area (Å²) in [6.07, 6.45) is -3.88. The van der Waals surface area contributed by atoms with Gasteiger partial charge in [-0.05, 0) is 54.9 Å². The zero-order chi connectivity index (χ0) is 26.4. The zero-order valence-corrected chi connectivity index (χ0v) is 20.4. The lowest BCUT2D eigenvalue weighted by Crippen LogP contribution is -2.51. The molecule has 8 nitrogen and oxygen atoms in total. The van der Waals surface area contributed by atoms with Gasteiger partial charge in [-0.25, -0.2) is 13.4 Å². The van der Waals surface area contributed by atoms with Crippen molar-refractivity contribution in [3.63, 3.8) is 0 Å². The van der Waals surface area contributed by atoms with Crippen LogP contribution in [0.2, 0.25) is 0 Å².